The van der Waals surface area contributed by atoms with Crippen LogP contribution in [0.5, 0.6) is 0 Å². The largest absolute Gasteiger partial charge is 0.465 e. The molecule has 0 bridgehead atoms. The molecule has 1 unspecified atom stereocenters. The molecule has 4 heteroatoms. The van der Waals surface area contributed by atoms with Crippen molar-refractivity contribution >= 4 is 5.97 Å². The second-order valence-electron chi connectivity index (χ2n) is 5.05. The smallest absolute Gasteiger partial charge is 0.327 e. The van der Waals surface area contributed by atoms with Gasteiger partial charge in [-0.05, 0) is 31.7 Å². The molecule has 19 heavy (non-hydrogen) atoms. The van der Waals surface area contributed by atoms with Gasteiger partial charge in [-0.25, -0.2) is 4.79 Å². The van der Waals surface area contributed by atoms with Crippen LogP contribution in [0.4, 0.5) is 0 Å². The minimum atomic E-state index is -0.653. The Kier molecular flexibility index (Phi) is 4.56. The van der Waals surface area contributed by atoms with E-state index in [2.05, 4.69) is 5.32 Å². The molecule has 1 aliphatic rings. The van der Waals surface area contributed by atoms with Crippen LogP contribution < -0.4 is 5.32 Å². The Balaban J connectivity index is 2.03. The lowest BCUT2D eigenvalue weighted by atomic mass is 9.80. The van der Waals surface area contributed by atoms with Gasteiger partial charge in [-0.3, -0.25) is 5.32 Å². The Morgan fingerprint density at radius 3 is 2.63 bits per heavy atom. The molecule has 1 fully saturated rings. The maximum absolute atomic E-state index is 12.0. The molecule has 2 rings (SSSR count). The SMILES string of the molecule is CCOC(=O)C(NCC1(O)CCC1)c1ccccc1. The molecule has 0 aromatic heterocycles. The monoisotopic (exact) mass is 263 g/mol. The van der Waals surface area contributed by atoms with Crippen LogP contribution in [0.15, 0.2) is 30.3 Å². The van der Waals surface area contributed by atoms with Crippen molar-refractivity contribution in [3.8, 4) is 0 Å². The fourth-order valence-corrected chi connectivity index (χ4v) is 2.26. The van der Waals surface area contributed by atoms with E-state index in [9.17, 15) is 9.90 Å². The lowest BCUT2D eigenvalue weighted by molar-refractivity contribution is -0.146. The number of esters is 1. The fourth-order valence-electron chi connectivity index (χ4n) is 2.26. The van der Waals surface area contributed by atoms with Gasteiger partial charge in [0.1, 0.15) is 6.04 Å². The van der Waals surface area contributed by atoms with Gasteiger partial charge in [0.2, 0.25) is 0 Å². The molecule has 1 atom stereocenters. The first-order valence-electron chi connectivity index (χ1n) is 6.82. The summed E-state index contributed by atoms with van der Waals surface area (Å²) in [6.07, 6.45) is 2.64. The molecule has 0 spiro atoms. The topological polar surface area (TPSA) is 58.6 Å². The third-order valence-electron chi connectivity index (χ3n) is 3.57. The number of carbonyl (C=O) groups excluding carboxylic acids is 1. The van der Waals surface area contributed by atoms with Crippen LogP contribution in [0.3, 0.4) is 0 Å². The molecular formula is C15H21NO3. The second kappa shape index (κ2) is 6.17. The first-order chi connectivity index (χ1) is 9.14. The van der Waals surface area contributed by atoms with Crippen LogP contribution in [-0.4, -0.2) is 29.8 Å². The maximum Gasteiger partial charge on any atom is 0.327 e. The van der Waals surface area contributed by atoms with Gasteiger partial charge in [-0.15, -0.1) is 0 Å². The quantitative estimate of drug-likeness (QED) is 0.768. The number of rotatable bonds is 6. The molecule has 0 amide bonds. The molecule has 4 nitrogen and oxygen atoms in total. The van der Waals surface area contributed by atoms with E-state index in [1.165, 1.54) is 0 Å². The van der Waals surface area contributed by atoms with Gasteiger partial charge >= 0.3 is 5.97 Å². The average Bonchev–Trinajstić information content (AvgIpc) is 2.38. The minimum Gasteiger partial charge on any atom is -0.465 e. The van der Waals surface area contributed by atoms with Crippen molar-refractivity contribution in [3.05, 3.63) is 35.9 Å². The van der Waals surface area contributed by atoms with Crippen LogP contribution >= 0.6 is 0 Å². The molecule has 2 N–H and O–H groups in total. The minimum absolute atomic E-state index is 0.295. The fraction of sp³-hybridized carbons (Fsp3) is 0.533. The van der Waals surface area contributed by atoms with E-state index in [4.69, 9.17) is 4.74 Å². The Morgan fingerprint density at radius 2 is 2.11 bits per heavy atom. The van der Waals surface area contributed by atoms with Crippen molar-refractivity contribution in [2.75, 3.05) is 13.2 Å². The summed E-state index contributed by atoms with van der Waals surface area (Å²) in [6.45, 7) is 2.57. The number of hydrogen-bond acceptors (Lipinski definition) is 4. The number of aliphatic hydroxyl groups is 1. The van der Waals surface area contributed by atoms with Gasteiger partial charge in [0.05, 0.1) is 12.2 Å². The van der Waals surface area contributed by atoms with E-state index in [0.29, 0.717) is 13.2 Å². The Labute approximate surface area is 113 Å². The number of benzene rings is 1. The van der Waals surface area contributed by atoms with Crippen LogP contribution in [0, 0.1) is 0 Å². The highest BCUT2D eigenvalue weighted by molar-refractivity contribution is 5.77. The van der Waals surface area contributed by atoms with Gasteiger partial charge in [0.25, 0.3) is 0 Å². The Bertz CT molecular complexity index is 415. The normalized spacial score (nSPS) is 18.4. The summed E-state index contributed by atoms with van der Waals surface area (Å²) >= 11 is 0. The van der Waals surface area contributed by atoms with Crippen LogP contribution in [-0.2, 0) is 9.53 Å². The predicted octanol–water partition coefficient (Wildman–Crippen LogP) is 1.80. The van der Waals surface area contributed by atoms with Gasteiger partial charge in [0.15, 0.2) is 0 Å². The highest BCUT2D eigenvalue weighted by atomic mass is 16.5. The van der Waals surface area contributed by atoms with Gasteiger partial charge < -0.3 is 9.84 Å². The molecule has 1 aromatic carbocycles. The number of ether oxygens (including phenoxy) is 1. The molecular weight excluding hydrogens is 242 g/mol. The van der Waals surface area contributed by atoms with Gasteiger partial charge in [0, 0.05) is 6.54 Å². The van der Waals surface area contributed by atoms with Crippen molar-refractivity contribution in [2.24, 2.45) is 0 Å². The van der Waals surface area contributed by atoms with Crippen molar-refractivity contribution < 1.29 is 14.6 Å². The maximum atomic E-state index is 12.0. The van der Waals surface area contributed by atoms with Crippen LogP contribution in [0.25, 0.3) is 0 Å². The second-order valence-corrected chi connectivity index (χ2v) is 5.05. The van der Waals surface area contributed by atoms with E-state index in [1.54, 1.807) is 6.92 Å². The molecule has 1 saturated carbocycles. The summed E-state index contributed by atoms with van der Waals surface area (Å²) in [4.78, 5) is 12.0. The lowest BCUT2D eigenvalue weighted by Gasteiger charge is -2.37. The van der Waals surface area contributed by atoms with Crippen molar-refractivity contribution in [2.45, 2.75) is 37.8 Å². The van der Waals surface area contributed by atoms with Gasteiger partial charge in [-0.2, -0.15) is 0 Å². The van der Waals surface area contributed by atoms with Crippen molar-refractivity contribution in [3.63, 3.8) is 0 Å². The first kappa shape index (κ1) is 14.0. The standard InChI is InChI=1S/C15H21NO3/c1-2-19-14(17)13(12-7-4-3-5-8-12)16-11-15(18)9-6-10-15/h3-5,7-8,13,16,18H,2,6,9-11H2,1H3. The van der Waals surface area contributed by atoms with Crippen LogP contribution in [0.2, 0.25) is 0 Å². The first-order valence-corrected chi connectivity index (χ1v) is 6.82. The molecule has 104 valence electrons. The zero-order valence-electron chi connectivity index (χ0n) is 11.3. The summed E-state index contributed by atoms with van der Waals surface area (Å²) in [5.74, 6) is -0.295. The summed E-state index contributed by atoms with van der Waals surface area (Å²) < 4.78 is 5.09. The summed E-state index contributed by atoms with van der Waals surface area (Å²) in [5, 5.41) is 13.2. The van der Waals surface area contributed by atoms with E-state index < -0.39 is 11.6 Å². The summed E-state index contributed by atoms with van der Waals surface area (Å²) in [7, 11) is 0. The predicted molar refractivity (Wildman–Crippen MR) is 72.6 cm³/mol. The summed E-state index contributed by atoms with van der Waals surface area (Å²) in [6, 6.07) is 8.96. The number of nitrogens with one attached hydrogen (secondary N) is 1. The molecule has 1 aromatic rings. The van der Waals surface area contributed by atoms with E-state index >= 15 is 0 Å². The Hall–Kier alpha value is -1.39. The van der Waals surface area contributed by atoms with E-state index in [0.717, 1.165) is 24.8 Å². The van der Waals surface area contributed by atoms with Gasteiger partial charge in [-0.1, -0.05) is 30.3 Å². The third-order valence-corrected chi connectivity index (χ3v) is 3.57. The zero-order valence-corrected chi connectivity index (χ0v) is 11.3. The molecule has 0 heterocycles. The van der Waals surface area contributed by atoms with Crippen molar-refractivity contribution in [1.82, 2.24) is 5.32 Å². The zero-order chi connectivity index (χ0) is 13.7. The van der Waals surface area contributed by atoms with E-state index in [1.807, 2.05) is 30.3 Å². The lowest BCUT2D eigenvalue weighted by Crippen LogP contribution is -2.48. The molecule has 0 aliphatic heterocycles. The summed E-state index contributed by atoms with van der Waals surface area (Å²) in [5.41, 5.74) is 0.211. The average molecular weight is 263 g/mol. The third kappa shape index (κ3) is 3.55. The Morgan fingerprint density at radius 1 is 1.42 bits per heavy atom. The van der Waals surface area contributed by atoms with E-state index in [-0.39, 0.29) is 5.97 Å². The number of carbonyl (C=O) groups is 1. The highest BCUT2D eigenvalue weighted by Gasteiger charge is 2.35. The molecule has 0 radical (unpaired) electrons. The highest BCUT2D eigenvalue weighted by Crippen LogP contribution is 2.31. The number of hydrogen-bond donors (Lipinski definition) is 2. The van der Waals surface area contributed by atoms with Crippen LogP contribution in [0.1, 0.15) is 37.8 Å². The molecule has 1 aliphatic carbocycles. The molecule has 0 saturated heterocycles. The van der Waals surface area contributed by atoms with Crippen molar-refractivity contribution in [1.29, 1.82) is 0 Å².